The molecule has 0 saturated heterocycles. The van der Waals surface area contributed by atoms with Gasteiger partial charge in [0, 0.05) is 12.2 Å². The van der Waals surface area contributed by atoms with Crippen LogP contribution in [0.4, 0.5) is 5.69 Å². The molecule has 0 amide bonds. The van der Waals surface area contributed by atoms with Crippen molar-refractivity contribution in [1.82, 2.24) is 4.31 Å². The zero-order chi connectivity index (χ0) is 16.2. The van der Waals surface area contributed by atoms with Gasteiger partial charge in [-0.15, -0.1) is 0 Å². The minimum atomic E-state index is -3.79. The van der Waals surface area contributed by atoms with Crippen molar-refractivity contribution >= 4 is 21.7 Å². The molecule has 6 nitrogen and oxygen atoms in total. The molecule has 0 fully saturated rings. The lowest BCUT2D eigenvalue weighted by atomic mass is 10.1. The maximum absolute atomic E-state index is 12.8. The topological polar surface area (TPSA) is 89.7 Å². The van der Waals surface area contributed by atoms with E-state index >= 15 is 0 Å². The first-order valence-electron chi connectivity index (χ1n) is 6.67. The number of carbonyl (C=O) groups is 1. The number of anilines is 1. The van der Waals surface area contributed by atoms with Crippen LogP contribution in [-0.4, -0.2) is 38.9 Å². The minimum absolute atomic E-state index is 0.136. The van der Waals surface area contributed by atoms with Crippen LogP contribution in [0.5, 0.6) is 0 Å². The molecule has 0 aliphatic heterocycles. The van der Waals surface area contributed by atoms with Gasteiger partial charge in [0.05, 0.1) is 12.0 Å². The fourth-order valence-electron chi connectivity index (χ4n) is 2.00. The molecule has 21 heavy (non-hydrogen) atoms. The van der Waals surface area contributed by atoms with Crippen molar-refractivity contribution in [2.24, 2.45) is 0 Å². The molecule has 2 N–H and O–H groups in total. The highest BCUT2D eigenvalue weighted by Gasteiger charge is 2.28. The molecule has 0 spiro atoms. The Labute approximate surface area is 125 Å². The average molecular weight is 314 g/mol. The lowest BCUT2D eigenvalue weighted by Crippen LogP contribution is -2.37. The highest BCUT2D eigenvalue weighted by molar-refractivity contribution is 7.89. The largest absolute Gasteiger partial charge is 0.468 e. The minimum Gasteiger partial charge on any atom is -0.468 e. The van der Waals surface area contributed by atoms with Crippen molar-refractivity contribution in [1.29, 1.82) is 0 Å². The van der Waals surface area contributed by atoms with Crippen molar-refractivity contribution in [3.63, 3.8) is 0 Å². The summed E-state index contributed by atoms with van der Waals surface area (Å²) in [4.78, 5) is 11.6. The molecule has 118 valence electrons. The number of ether oxygens (including phenoxy) is 1. The summed E-state index contributed by atoms with van der Waals surface area (Å²) >= 11 is 0. The van der Waals surface area contributed by atoms with Gasteiger partial charge in [-0.2, -0.15) is 4.31 Å². The molecule has 0 heterocycles. The van der Waals surface area contributed by atoms with Gasteiger partial charge in [0.1, 0.15) is 6.54 Å². The Morgan fingerprint density at radius 1 is 1.33 bits per heavy atom. The fourth-order valence-corrected chi connectivity index (χ4v) is 3.81. The fraction of sp³-hybridized carbons (Fsp3) is 0.500. The van der Waals surface area contributed by atoms with E-state index in [1.807, 2.05) is 6.92 Å². The van der Waals surface area contributed by atoms with Crippen molar-refractivity contribution < 1.29 is 17.9 Å². The van der Waals surface area contributed by atoms with Crippen LogP contribution in [0.3, 0.4) is 0 Å². The molecule has 1 aromatic carbocycles. The number of nitrogen functional groups attached to an aromatic ring is 1. The normalized spacial score (nSPS) is 11.7. The summed E-state index contributed by atoms with van der Waals surface area (Å²) in [5.41, 5.74) is 7.56. The van der Waals surface area contributed by atoms with Crippen LogP contribution in [0, 0.1) is 13.8 Å². The average Bonchev–Trinajstić information content (AvgIpc) is 2.41. The zero-order valence-electron chi connectivity index (χ0n) is 12.8. The maximum atomic E-state index is 12.8. The van der Waals surface area contributed by atoms with Crippen molar-refractivity contribution in [2.75, 3.05) is 25.9 Å². The molecule has 0 aliphatic carbocycles. The maximum Gasteiger partial charge on any atom is 0.321 e. The van der Waals surface area contributed by atoms with Gasteiger partial charge in [-0.05, 0) is 43.5 Å². The Morgan fingerprint density at radius 3 is 2.48 bits per heavy atom. The van der Waals surface area contributed by atoms with Gasteiger partial charge < -0.3 is 10.5 Å². The molecule has 0 unspecified atom stereocenters. The highest BCUT2D eigenvalue weighted by atomic mass is 32.2. The van der Waals surface area contributed by atoms with Gasteiger partial charge in [-0.1, -0.05) is 6.92 Å². The Bertz CT molecular complexity index is 626. The van der Waals surface area contributed by atoms with E-state index < -0.39 is 16.0 Å². The highest BCUT2D eigenvalue weighted by Crippen LogP contribution is 2.25. The quantitative estimate of drug-likeness (QED) is 0.634. The number of rotatable bonds is 6. The predicted octanol–water partition coefficient (Wildman–Crippen LogP) is 1.46. The summed E-state index contributed by atoms with van der Waals surface area (Å²) in [6.07, 6.45) is 0.594. The van der Waals surface area contributed by atoms with Crippen LogP contribution in [-0.2, 0) is 19.6 Å². The first kappa shape index (κ1) is 17.5. The molecule has 1 aromatic rings. The Kier molecular flexibility index (Phi) is 5.74. The SMILES string of the molecule is CCCN(CC(=O)OC)S(=O)(=O)c1cc(N)cc(C)c1C. The van der Waals surface area contributed by atoms with E-state index in [-0.39, 0.29) is 18.0 Å². The van der Waals surface area contributed by atoms with Gasteiger partial charge in [-0.3, -0.25) is 4.79 Å². The van der Waals surface area contributed by atoms with Crippen LogP contribution in [0.15, 0.2) is 17.0 Å². The molecule has 0 aromatic heterocycles. The first-order chi connectivity index (χ1) is 9.73. The number of hydrogen-bond donors (Lipinski definition) is 1. The number of nitrogens with two attached hydrogens (primary N) is 1. The summed E-state index contributed by atoms with van der Waals surface area (Å²) in [6.45, 7) is 5.31. The van der Waals surface area contributed by atoms with Crippen LogP contribution in [0.2, 0.25) is 0 Å². The van der Waals surface area contributed by atoms with Crippen molar-refractivity contribution in [2.45, 2.75) is 32.1 Å². The number of nitrogens with zero attached hydrogens (tertiary/aromatic N) is 1. The van der Waals surface area contributed by atoms with E-state index in [1.165, 1.54) is 13.2 Å². The number of carbonyl (C=O) groups excluding carboxylic acids is 1. The predicted molar refractivity (Wildman–Crippen MR) is 81.4 cm³/mol. The summed E-state index contributed by atoms with van der Waals surface area (Å²) in [6, 6.07) is 3.15. The lowest BCUT2D eigenvalue weighted by molar-refractivity contribution is -0.140. The van der Waals surface area contributed by atoms with Crippen molar-refractivity contribution in [3.05, 3.63) is 23.3 Å². The third-order valence-electron chi connectivity index (χ3n) is 3.27. The second-order valence-corrected chi connectivity index (χ2v) is 6.78. The van der Waals surface area contributed by atoms with E-state index in [2.05, 4.69) is 4.74 Å². The number of sulfonamides is 1. The molecule has 0 radical (unpaired) electrons. The number of hydrogen-bond acceptors (Lipinski definition) is 5. The summed E-state index contributed by atoms with van der Waals surface area (Å²) in [5.74, 6) is -0.592. The number of methoxy groups -OCH3 is 1. The van der Waals surface area contributed by atoms with Crippen LogP contribution >= 0.6 is 0 Å². The molecule has 1 rings (SSSR count). The standard InChI is InChI=1S/C14H22N2O4S/c1-5-6-16(9-14(17)20-4)21(18,19)13-8-12(15)7-10(2)11(13)3/h7-8H,5-6,9,15H2,1-4H3. The van der Waals surface area contributed by atoms with Crippen molar-refractivity contribution in [3.8, 4) is 0 Å². The third-order valence-corrected chi connectivity index (χ3v) is 5.24. The summed E-state index contributed by atoms with van der Waals surface area (Å²) < 4.78 is 31.2. The van der Waals surface area contributed by atoms with E-state index in [0.29, 0.717) is 17.7 Å². The molecule has 0 bridgehead atoms. The Balaban J connectivity index is 3.32. The molecular weight excluding hydrogens is 292 g/mol. The smallest absolute Gasteiger partial charge is 0.321 e. The number of esters is 1. The summed E-state index contributed by atoms with van der Waals surface area (Å²) in [5, 5.41) is 0. The number of aryl methyl sites for hydroxylation is 1. The third kappa shape index (κ3) is 3.95. The molecule has 0 aliphatic rings. The summed E-state index contributed by atoms with van der Waals surface area (Å²) in [7, 11) is -2.56. The first-order valence-corrected chi connectivity index (χ1v) is 8.11. The molecule has 0 saturated carbocycles. The lowest BCUT2D eigenvalue weighted by Gasteiger charge is -2.22. The van der Waals surface area contributed by atoms with E-state index in [9.17, 15) is 13.2 Å². The van der Waals surface area contributed by atoms with Crippen LogP contribution in [0.25, 0.3) is 0 Å². The Hall–Kier alpha value is -1.60. The second kappa shape index (κ2) is 6.91. The van der Waals surface area contributed by atoms with E-state index in [1.54, 1.807) is 19.9 Å². The van der Waals surface area contributed by atoms with Gasteiger partial charge in [0.2, 0.25) is 10.0 Å². The molecular formula is C14H22N2O4S. The van der Waals surface area contributed by atoms with Crippen LogP contribution in [0.1, 0.15) is 24.5 Å². The molecule has 0 atom stereocenters. The molecule has 7 heteroatoms. The van der Waals surface area contributed by atoms with Gasteiger partial charge in [0.15, 0.2) is 0 Å². The monoisotopic (exact) mass is 314 g/mol. The zero-order valence-corrected chi connectivity index (χ0v) is 13.7. The van der Waals surface area contributed by atoms with Gasteiger partial charge >= 0.3 is 5.97 Å². The van der Waals surface area contributed by atoms with E-state index in [4.69, 9.17) is 5.73 Å². The van der Waals surface area contributed by atoms with Crippen LogP contribution < -0.4 is 5.73 Å². The van der Waals surface area contributed by atoms with Gasteiger partial charge in [0.25, 0.3) is 0 Å². The van der Waals surface area contributed by atoms with E-state index in [0.717, 1.165) is 9.87 Å². The Morgan fingerprint density at radius 2 is 1.95 bits per heavy atom. The van der Waals surface area contributed by atoms with Gasteiger partial charge in [-0.25, -0.2) is 8.42 Å². The number of benzene rings is 1. The second-order valence-electron chi connectivity index (χ2n) is 4.88.